The number of hydrogen-bond donors (Lipinski definition) is 3. The van der Waals surface area contributed by atoms with Gasteiger partial charge in [0.15, 0.2) is 0 Å². The molecule has 0 saturated carbocycles. The van der Waals surface area contributed by atoms with E-state index in [2.05, 4.69) is 6.58 Å². The average Bonchev–Trinajstić information content (AvgIpc) is 1.67. The predicted octanol–water partition coefficient (Wildman–Crippen LogP) is 2.04. The van der Waals surface area contributed by atoms with Gasteiger partial charge in [-0.15, -0.1) is 0 Å². The van der Waals surface area contributed by atoms with Crippen LogP contribution >= 0.6 is 0 Å². The molecule has 0 aromatic heterocycles. The molecule has 0 aliphatic carbocycles. The molecule has 0 amide bonds. The Labute approximate surface area is 54.6 Å². The van der Waals surface area contributed by atoms with Crippen molar-refractivity contribution in [2.24, 2.45) is 0 Å². The lowest BCUT2D eigenvalue weighted by molar-refractivity contribution is 0.189. The summed E-state index contributed by atoms with van der Waals surface area (Å²) in [4.78, 5) is 0. The molecule has 0 aromatic carbocycles. The lowest BCUT2D eigenvalue weighted by Crippen LogP contribution is -1.71. The molecule has 0 radical (unpaired) electrons. The minimum absolute atomic E-state index is 0.586. The first-order valence-electron chi connectivity index (χ1n) is 2.52. The molecule has 0 aliphatic heterocycles. The highest BCUT2D eigenvalue weighted by Crippen LogP contribution is 1.81. The monoisotopic (exact) mass is 132 g/mol. The molecule has 3 N–H and O–H groups in total. The summed E-state index contributed by atoms with van der Waals surface area (Å²) < 4.78 is 0. The minimum Gasteiger partial charge on any atom is -0.516 e. The molecule has 0 aliphatic rings. The fourth-order valence-electron chi connectivity index (χ4n) is 0.183. The first-order valence-corrected chi connectivity index (χ1v) is 2.52. The van der Waals surface area contributed by atoms with E-state index in [4.69, 9.17) is 15.3 Å². The molecule has 0 fully saturated rings. The third kappa shape index (κ3) is 46.4. The van der Waals surface area contributed by atoms with Crippen LogP contribution in [0.5, 0.6) is 0 Å². The lowest BCUT2D eigenvalue weighted by Gasteiger charge is -1.79. The Hall–Kier alpha value is -1.12. The van der Waals surface area contributed by atoms with Crippen LogP contribution in [0.1, 0.15) is 13.3 Å². The van der Waals surface area contributed by atoms with Crippen LogP contribution < -0.4 is 0 Å². The van der Waals surface area contributed by atoms with E-state index >= 15 is 0 Å². The molecule has 54 valence electrons. The van der Waals surface area contributed by atoms with Crippen molar-refractivity contribution < 1.29 is 15.3 Å². The van der Waals surface area contributed by atoms with E-state index in [9.17, 15) is 0 Å². The summed E-state index contributed by atoms with van der Waals surface area (Å²) in [7, 11) is 0. The number of aliphatic hydroxyl groups is 3. The highest BCUT2D eigenvalue weighted by molar-refractivity contribution is 4.75. The van der Waals surface area contributed by atoms with Crippen LogP contribution in [-0.4, -0.2) is 15.3 Å². The quantitative estimate of drug-likeness (QED) is 0.478. The van der Waals surface area contributed by atoms with Gasteiger partial charge in [-0.25, -0.2) is 0 Å². The molecule has 0 aromatic rings. The van der Waals surface area contributed by atoms with Crippen molar-refractivity contribution in [1.29, 1.82) is 0 Å². The van der Waals surface area contributed by atoms with E-state index in [1.807, 2.05) is 6.92 Å². The van der Waals surface area contributed by atoms with Crippen LogP contribution in [0.15, 0.2) is 24.9 Å². The van der Waals surface area contributed by atoms with Gasteiger partial charge in [0.25, 0.3) is 5.95 Å². The Morgan fingerprint density at radius 1 is 1.56 bits per heavy atom. The molecule has 0 rings (SSSR count). The van der Waals surface area contributed by atoms with Crippen LogP contribution in [0, 0.1) is 0 Å². The zero-order valence-corrected chi connectivity index (χ0v) is 5.41. The van der Waals surface area contributed by atoms with Crippen LogP contribution in [-0.2, 0) is 0 Å². The van der Waals surface area contributed by atoms with Gasteiger partial charge in [0.05, 0.1) is 6.26 Å². The Morgan fingerprint density at radius 2 is 1.89 bits per heavy atom. The van der Waals surface area contributed by atoms with Gasteiger partial charge in [-0.05, 0) is 12.5 Å². The molecule has 0 bridgehead atoms. The van der Waals surface area contributed by atoms with Gasteiger partial charge in [0, 0.05) is 0 Å². The molecule has 9 heavy (non-hydrogen) atoms. The topological polar surface area (TPSA) is 60.7 Å². The van der Waals surface area contributed by atoms with Gasteiger partial charge in [0.2, 0.25) is 0 Å². The van der Waals surface area contributed by atoms with Crippen molar-refractivity contribution in [3.63, 3.8) is 0 Å². The summed E-state index contributed by atoms with van der Waals surface area (Å²) in [6.07, 6.45) is 2.74. The second kappa shape index (κ2) is 9.99. The number of aliphatic hydroxyl groups excluding tert-OH is 2. The fraction of sp³-hybridized carbons (Fsp3) is 0.333. The van der Waals surface area contributed by atoms with Crippen molar-refractivity contribution in [1.82, 2.24) is 0 Å². The Morgan fingerprint density at radius 3 is 1.89 bits per heavy atom. The van der Waals surface area contributed by atoms with Crippen LogP contribution in [0.4, 0.5) is 0 Å². The van der Waals surface area contributed by atoms with E-state index in [0.717, 1.165) is 6.26 Å². The van der Waals surface area contributed by atoms with Gasteiger partial charge in [-0.1, -0.05) is 13.5 Å². The van der Waals surface area contributed by atoms with Gasteiger partial charge < -0.3 is 15.3 Å². The summed E-state index contributed by atoms with van der Waals surface area (Å²) in [6, 6.07) is 0. The third-order valence-corrected chi connectivity index (χ3v) is 0.387. The zero-order chi connectivity index (χ0) is 7.70. The van der Waals surface area contributed by atoms with Gasteiger partial charge in [-0.3, -0.25) is 0 Å². The minimum atomic E-state index is -0.586. The maximum absolute atomic E-state index is 7.97. The average molecular weight is 132 g/mol. The van der Waals surface area contributed by atoms with Gasteiger partial charge >= 0.3 is 0 Å². The normalized spacial score (nSPS) is 6.33. The van der Waals surface area contributed by atoms with Crippen molar-refractivity contribution in [2.75, 3.05) is 0 Å². The first-order chi connectivity index (χ1) is 4.18. The first kappa shape index (κ1) is 10.8. The molecule has 0 atom stereocenters. The Bertz CT molecular complexity index is 82.3. The molecular formula is C6H12O3. The molecular weight excluding hydrogens is 120 g/mol. The summed E-state index contributed by atoms with van der Waals surface area (Å²) in [5, 5.41) is 23.3. The molecule has 0 saturated heterocycles. The second-order valence-electron chi connectivity index (χ2n) is 1.15. The highest BCUT2D eigenvalue weighted by atomic mass is 16.5. The van der Waals surface area contributed by atoms with E-state index in [-0.39, 0.29) is 0 Å². The number of rotatable bonds is 1. The lowest BCUT2D eigenvalue weighted by atomic mass is 10.5. The molecule has 0 heterocycles. The van der Waals surface area contributed by atoms with Crippen LogP contribution in [0.2, 0.25) is 0 Å². The summed E-state index contributed by atoms with van der Waals surface area (Å²) in [6.45, 7) is 4.74. The standard InChI is InChI=1S/C4H8O2.C2H4O/c1-2-3-4(5)6;1-2-3/h3,5-6H,2H2,1H3;2-3H,1H2. The zero-order valence-electron chi connectivity index (χ0n) is 5.41. The molecule has 0 spiro atoms. The molecule has 0 unspecified atom stereocenters. The van der Waals surface area contributed by atoms with Gasteiger partial charge in [0.1, 0.15) is 0 Å². The second-order valence-corrected chi connectivity index (χ2v) is 1.15. The van der Waals surface area contributed by atoms with Crippen molar-refractivity contribution >= 4 is 0 Å². The SMILES string of the molecule is C=CO.CCC=C(O)O. The third-order valence-electron chi connectivity index (χ3n) is 0.387. The molecule has 3 heteroatoms. The van der Waals surface area contributed by atoms with Crippen LogP contribution in [0.3, 0.4) is 0 Å². The maximum Gasteiger partial charge on any atom is 0.269 e. The summed E-state index contributed by atoms with van der Waals surface area (Å²) in [5.41, 5.74) is 0. The highest BCUT2D eigenvalue weighted by Gasteiger charge is 1.73. The van der Waals surface area contributed by atoms with E-state index in [0.29, 0.717) is 6.42 Å². The smallest absolute Gasteiger partial charge is 0.269 e. The Kier molecular flexibility index (Phi) is 12.0. The largest absolute Gasteiger partial charge is 0.516 e. The van der Waals surface area contributed by atoms with Crippen molar-refractivity contribution in [2.45, 2.75) is 13.3 Å². The van der Waals surface area contributed by atoms with Crippen molar-refractivity contribution in [3.8, 4) is 0 Å². The maximum atomic E-state index is 7.97. The molecule has 3 nitrogen and oxygen atoms in total. The van der Waals surface area contributed by atoms with E-state index in [1.165, 1.54) is 6.08 Å². The number of allylic oxidation sites excluding steroid dienone is 1. The van der Waals surface area contributed by atoms with Gasteiger partial charge in [-0.2, -0.15) is 0 Å². The van der Waals surface area contributed by atoms with Crippen molar-refractivity contribution in [3.05, 3.63) is 24.9 Å². The number of hydrogen-bond acceptors (Lipinski definition) is 3. The van der Waals surface area contributed by atoms with Crippen LogP contribution in [0.25, 0.3) is 0 Å². The summed E-state index contributed by atoms with van der Waals surface area (Å²) >= 11 is 0. The Balaban J connectivity index is 0. The summed E-state index contributed by atoms with van der Waals surface area (Å²) in [5.74, 6) is -0.586. The van der Waals surface area contributed by atoms with E-state index in [1.54, 1.807) is 0 Å². The fourth-order valence-corrected chi connectivity index (χ4v) is 0.183. The predicted molar refractivity (Wildman–Crippen MR) is 36.5 cm³/mol. The van der Waals surface area contributed by atoms with E-state index < -0.39 is 5.95 Å².